The number of rotatable bonds is 7. The van der Waals surface area contributed by atoms with Gasteiger partial charge >= 0.3 is 0 Å². The van der Waals surface area contributed by atoms with Crippen molar-refractivity contribution in [3.8, 4) is 5.75 Å². The molecule has 0 fully saturated rings. The average molecular weight is 348 g/mol. The number of likely N-dealkylation sites (N-methyl/N-ethyl adjacent to an activating group) is 1. The molecule has 3 aromatic rings. The molecule has 0 heterocycles. The van der Waals surface area contributed by atoms with Crippen molar-refractivity contribution in [1.82, 2.24) is 10.2 Å². The van der Waals surface area contributed by atoms with Gasteiger partial charge in [-0.2, -0.15) is 0 Å². The number of benzene rings is 3. The van der Waals surface area contributed by atoms with Crippen LogP contribution in [0.3, 0.4) is 0 Å². The highest BCUT2D eigenvalue weighted by molar-refractivity contribution is 5.84. The first-order chi connectivity index (χ1) is 12.6. The maximum absolute atomic E-state index is 12.2. The van der Waals surface area contributed by atoms with Crippen LogP contribution in [0.4, 0.5) is 0 Å². The zero-order chi connectivity index (χ0) is 18.4. The highest BCUT2D eigenvalue weighted by Gasteiger charge is 2.15. The summed E-state index contributed by atoms with van der Waals surface area (Å²) in [6.07, 6.45) is 0. The molecule has 3 aromatic carbocycles. The number of nitrogens with one attached hydrogen (secondary N) is 1. The molecule has 0 aromatic heterocycles. The van der Waals surface area contributed by atoms with Crippen molar-refractivity contribution in [2.45, 2.75) is 6.04 Å². The molecule has 1 amide bonds. The molecule has 134 valence electrons. The van der Waals surface area contributed by atoms with Crippen molar-refractivity contribution in [2.24, 2.45) is 0 Å². The van der Waals surface area contributed by atoms with Gasteiger partial charge in [-0.15, -0.1) is 0 Å². The lowest BCUT2D eigenvalue weighted by Gasteiger charge is -2.25. The normalized spacial score (nSPS) is 12.1. The van der Waals surface area contributed by atoms with Crippen LogP contribution in [0.5, 0.6) is 5.75 Å². The molecular weight excluding hydrogens is 324 g/mol. The van der Waals surface area contributed by atoms with Crippen LogP contribution < -0.4 is 10.1 Å². The molecule has 3 rings (SSSR count). The smallest absolute Gasteiger partial charge is 0.258 e. The number of nitrogens with zero attached hydrogens (tertiary/aromatic N) is 1. The van der Waals surface area contributed by atoms with Crippen molar-refractivity contribution in [2.75, 3.05) is 27.2 Å². The van der Waals surface area contributed by atoms with E-state index in [9.17, 15) is 4.79 Å². The second-order valence-electron chi connectivity index (χ2n) is 6.49. The van der Waals surface area contributed by atoms with E-state index >= 15 is 0 Å². The number of carbonyl (C=O) groups excluding carboxylic acids is 1. The van der Waals surface area contributed by atoms with Gasteiger partial charge < -0.3 is 15.0 Å². The van der Waals surface area contributed by atoms with Crippen molar-refractivity contribution in [1.29, 1.82) is 0 Å². The zero-order valence-corrected chi connectivity index (χ0v) is 15.2. The molecule has 1 atom stereocenters. The average Bonchev–Trinajstić information content (AvgIpc) is 2.67. The van der Waals surface area contributed by atoms with Gasteiger partial charge in [0, 0.05) is 6.54 Å². The van der Waals surface area contributed by atoms with E-state index < -0.39 is 0 Å². The van der Waals surface area contributed by atoms with Gasteiger partial charge in [-0.1, -0.05) is 60.7 Å². The van der Waals surface area contributed by atoms with Crippen LogP contribution in [0.2, 0.25) is 0 Å². The maximum atomic E-state index is 12.2. The van der Waals surface area contributed by atoms with E-state index in [2.05, 4.69) is 28.4 Å². The molecular formula is C22H24N2O2. The lowest BCUT2D eigenvalue weighted by atomic mass is 10.1. The fourth-order valence-corrected chi connectivity index (χ4v) is 2.94. The Labute approximate surface area is 154 Å². The van der Waals surface area contributed by atoms with Gasteiger partial charge in [0.2, 0.25) is 0 Å². The summed E-state index contributed by atoms with van der Waals surface area (Å²) in [4.78, 5) is 14.3. The van der Waals surface area contributed by atoms with Crippen LogP contribution in [0, 0.1) is 0 Å². The fourth-order valence-electron chi connectivity index (χ4n) is 2.94. The van der Waals surface area contributed by atoms with Gasteiger partial charge in [-0.3, -0.25) is 4.79 Å². The summed E-state index contributed by atoms with van der Waals surface area (Å²) in [5, 5.41) is 5.22. The lowest BCUT2D eigenvalue weighted by Crippen LogP contribution is -2.36. The topological polar surface area (TPSA) is 41.6 Å². The van der Waals surface area contributed by atoms with Crippen LogP contribution in [0.15, 0.2) is 72.8 Å². The lowest BCUT2D eigenvalue weighted by molar-refractivity contribution is -0.123. The van der Waals surface area contributed by atoms with Crippen molar-refractivity contribution in [3.63, 3.8) is 0 Å². The number of fused-ring (bicyclic) bond motifs is 1. The number of ether oxygens (including phenoxy) is 1. The summed E-state index contributed by atoms with van der Waals surface area (Å²) in [5.74, 6) is 0.576. The Morgan fingerprint density at radius 3 is 2.38 bits per heavy atom. The SMILES string of the molecule is CN(C)[C@@H](CNC(=O)COc1ccc2ccccc2c1)c1ccccc1. The number of amides is 1. The first-order valence-corrected chi connectivity index (χ1v) is 8.73. The van der Waals surface area contributed by atoms with E-state index in [0.717, 1.165) is 10.8 Å². The molecule has 0 aliphatic heterocycles. The molecule has 26 heavy (non-hydrogen) atoms. The molecule has 4 heteroatoms. The van der Waals surface area contributed by atoms with Gasteiger partial charge in [0.1, 0.15) is 5.75 Å². The molecule has 1 N–H and O–H groups in total. The standard InChI is InChI=1S/C22H24N2O2/c1-24(2)21(18-9-4-3-5-10-18)15-23-22(25)16-26-20-13-12-17-8-6-7-11-19(17)14-20/h3-14,21H,15-16H2,1-2H3,(H,23,25)/t21-/m0/s1. The molecule has 0 spiro atoms. The number of hydrogen-bond acceptors (Lipinski definition) is 3. The van der Waals surface area contributed by atoms with E-state index in [1.807, 2.05) is 68.7 Å². The molecule has 0 aliphatic carbocycles. The van der Waals surface area contributed by atoms with Crippen LogP contribution in [0.1, 0.15) is 11.6 Å². The summed E-state index contributed by atoms with van der Waals surface area (Å²) < 4.78 is 5.65. The summed E-state index contributed by atoms with van der Waals surface area (Å²) in [6.45, 7) is 0.546. The first-order valence-electron chi connectivity index (χ1n) is 8.73. The largest absolute Gasteiger partial charge is 0.484 e. The summed E-state index contributed by atoms with van der Waals surface area (Å²) in [6, 6.07) is 24.2. The van der Waals surface area contributed by atoms with E-state index in [-0.39, 0.29) is 18.6 Å². The van der Waals surface area contributed by atoms with Crippen LogP contribution in [-0.2, 0) is 4.79 Å². The van der Waals surface area contributed by atoms with Gasteiger partial charge in [-0.05, 0) is 42.6 Å². The van der Waals surface area contributed by atoms with Crippen molar-refractivity contribution < 1.29 is 9.53 Å². The zero-order valence-electron chi connectivity index (χ0n) is 15.2. The van der Waals surface area contributed by atoms with Crippen molar-refractivity contribution in [3.05, 3.63) is 78.4 Å². The Morgan fingerprint density at radius 2 is 1.65 bits per heavy atom. The second kappa shape index (κ2) is 8.50. The van der Waals surface area contributed by atoms with Gasteiger partial charge in [0.05, 0.1) is 6.04 Å². The Bertz CT molecular complexity index is 862. The predicted octanol–water partition coefficient (Wildman–Crippen LogP) is 3.64. The molecule has 4 nitrogen and oxygen atoms in total. The molecule has 0 saturated heterocycles. The van der Waals surface area contributed by atoms with Crippen molar-refractivity contribution >= 4 is 16.7 Å². The quantitative estimate of drug-likeness (QED) is 0.709. The minimum absolute atomic E-state index is 0.00722. The first kappa shape index (κ1) is 18.0. The molecule has 0 bridgehead atoms. The van der Waals surface area contributed by atoms with Crippen LogP contribution >= 0.6 is 0 Å². The van der Waals surface area contributed by atoms with Gasteiger partial charge in [0.25, 0.3) is 5.91 Å². The number of hydrogen-bond donors (Lipinski definition) is 1. The minimum Gasteiger partial charge on any atom is -0.484 e. The Hall–Kier alpha value is -2.85. The highest BCUT2D eigenvalue weighted by Crippen LogP contribution is 2.20. The second-order valence-corrected chi connectivity index (χ2v) is 6.49. The molecule has 0 saturated carbocycles. The van der Waals surface area contributed by atoms with Gasteiger partial charge in [0.15, 0.2) is 6.61 Å². The molecule has 0 radical (unpaired) electrons. The third-order valence-corrected chi connectivity index (χ3v) is 4.39. The van der Waals surface area contributed by atoms with E-state index in [1.54, 1.807) is 0 Å². The molecule has 0 aliphatic rings. The third kappa shape index (κ3) is 4.61. The summed E-state index contributed by atoms with van der Waals surface area (Å²) in [7, 11) is 4.02. The van der Waals surface area contributed by atoms with Crippen LogP contribution in [0.25, 0.3) is 10.8 Å². The van der Waals surface area contributed by atoms with Gasteiger partial charge in [-0.25, -0.2) is 0 Å². The monoisotopic (exact) mass is 348 g/mol. The predicted molar refractivity (Wildman–Crippen MR) is 105 cm³/mol. The maximum Gasteiger partial charge on any atom is 0.258 e. The fraction of sp³-hybridized carbons (Fsp3) is 0.227. The minimum atomic E-state index is -0.124. The van der Waals surface area contributed by atoms with Crippen LogP contribution in [-0.4, -0.2) is 38.1 Å². The summed E-state index contributed by atoms with van der Waals surface area (Å²) in [5.41, 5.74) is 1.17. The third-order valence-electron chi connectivity index (χ3n) is 4.39. The Balaban J connectivity index is 1.54. The van der Waals surface area contributed by atoms with E-state index in [1.165, 1.54) is 5.56 Å². The number of carbonyl (C=O) groups is 1. The highest BCUT2D eigenvalue weighted by atomic mass is 16.5. The molecule has 0 unspecified atom stereocenters. The Morgan fingerprint density at radius 1 is 0.962 bits per heavy atom. The summed E-state index contributed by atoms with van der Waals surface area (Å²) >= 11 is 0. The van der Waals surface area contributed by atoms with E-state index in [0.29, 0.717) is 12.3 Å². The Kier molecular flexibility index (Phi) is 5.87. The van der Waals surface area contributed by atoms with E-state index in [4.69, 9.17) is 4.74 Å².